The lowest BCUT2D eigenvalue weighted by atomic mass is 10.0. The molecular formula is C17H22N2O2. The molecule has 1 aromatic heterocycles. The van der Waals surface area contributed by atoms with Crippen LogP contribution in [0.15, 0.2) is 29.1 Å². The van der Waals surface area contributed by atoms with Crippen LogP contribution in [0.5, 0.6) is 0 Å². The molecule has 1 aromatic carbocycles. The van der Waals surface area contributed by atoms with Gasteiger partial charge in [0.15, 0.2) is 5.43 Å². The van der Waals surface area contributed by atoms with Crippen LogP contribution in [-0.2, 0) is 11.3 Å². The number of fused-ring (bicyclic) bond motifs is 1. The van der Waals surface area contributed by atoms with E-state index in [1.54, 1.807) is 6.07 Å². The van der Waals surface area contributed by atoms with Gasteiger partial charge in [0, 0.05) is 42.4 Å². The number of benzene rings is 1. The van der Waals surface area contributed by atoms with Gasteiger partial charge < -0.3 is 15.0 Å². The van der Waals surface area contributed by atoms with Crippen LogP contribution in [0.2, 0.25) is 0 Å². The van der Waals surface area contributed by atoms with E-state index in [1.807, 2.05) is 25.1 Å². The predicted molar refractivity (Wildman–Crippen MR) is 84.6 cm³/mol. The zero-order valence-electron chi connectivity index (χ0n) is 12.4. The van der Waals surface area contributed by atoms with E-state index in [9.17, 15) is 4.79 Å². The first-order valence-corrected chi connectivity index (χ1v) is 7.63. The molecule has 0 aliphatic carbocycles. The molecule has 4 nitrogen and oxygen atoms in total. The molecule has 0 spiro atoms. The van der Waals surface area contributed by atoms with Gasteiger partial charge in [0.2, 0.25) is 0 Å². The Bertz CT molecular complexity index is 672. The van der Waals surface area contributed by atoms with Crippen molar-refractivity contribution in [2.75, 3.05) is 19.8 Å². The molecule has 2 aromatic rings. The van der Waals surface area contributed by atoms with E-state index in [2.05, 4.69) is 10.3 Å². The van der Waals surface area contributed by atoms with Crippen LogP contribution in [-0.4, -0.2) is 24.7 Å². The molecule has 1 saturated heterocycles. The first kappa shape index (κ1) is 14.3. The monoisotopic (exact) mass is 286 g/mol. The first-order valence-electron chi connectivity index (χ1n) is 7.63. The summed E-state index contributed by atoms with van der Waals surface area (Å²) >= 11 is 0. The summed E-state index contributed by atoms with van der Waals surface area (Å²) in [4.78, 5) is 15.5. The van der Waals surface area contributed by atoms with E-state index >= 15 is 0 Å². The minimum absolute atomic E-state index is 0.0882. The molecule has 4 heteroatoms. The van der Waals surface area contributed by atoms with Gasteiger partial charge in [-0.3, -0.25) is 4.79 Å². The third kappa shape index (κ3) is 3.52. The van der Waals surface area contributed by atoms with Gasteiger partial charge in [-0.05, 0) is 37.8 Å². The fourth-order valence-electron chi connectivity index (χ4n) is 2.89. The van der Waals surface area contributed by atoms with Gasteiger partial charge in [0.1, 0.15) is 0 Å². The van der Waals surface area contributed by atoms with Crippen molar-refractivity contribution in [1.82, 2.24) is 10.3 Å². The number of hydrogen-bond donors (Lipinski definition) is 2. The summed E-state index contributed by atoms with van der Waals surface area (Å²) in [6, 6.07) is 7.64. The van der Waals surface area contributed by atoms with Crippen molar-refractivity contribution in [3.05, 3.63) is 45.7 Å². The fourth-order valence-corrected chi connectivity index (χ4v) is 2.89. The molecule has 0 radical (unpaired) electrons. The molecular weight excluding hydrogens is 264 g/mol. The quantitative estimate of drug-likeness (QED) is 0.907. The highest BCUT2D eigenvalue weighted by molar-refractivity contribution is 5.79. The molecule has 0 amide bonds. The lowest BCUT2D eigenvalue weighted by molar-refractivity contribution is 0.0547. The van der Waals surface area contributed by atoms with Crippen LogP contribution in [0.1, 0.15) is 24.1 Å². The normalized spacial score (nSPS) is 19.0. The summed E-state index contributed by atoms with van der Waals surface area (Å²) in [6.45, 7) is 5.37. The zero-order valence-corrected chi connectivity index (χ0v) is 12.4. The summed E-state index contributed by atoms with van der Waals surface area (Å²) in [5.41, 5.74) is 3.04. The molecule has 2 heterocycles. The summed E-state index contributed by atoms with van der Waals surface area (Å²) in [5, 5.41) is 4.19. The molecule has 1 unspecified atom stereocenters. The van der Waals surface area contributed by atoms with E-state index in [4.69, 9.17) is 4.74 Å². The second-order valence-corrected chi connectivity index (χ2v) is 5.92. The number of nitrogens with one attached hydrogen (secondary N) is 2. The maximum atomic E-state index is 12.1. The Hall–Kier alpha value is -1.65. The lowest BCUT2D eigenvalue weighted by Gasteiger charge is -2.22. The Morgan fingerprint density at radius 2 is 2.29 bits per heavy atom. The number of aryl methyl sites for hydroxylation is 1. The number of aromatic amines is 1. The van der Waals surface area contributed by atoms with Crippen molar-refractivity contribution in [3.8, 4) is 0 Å². The highest BCUT2D eigenvalue weighted by atomic mass is 16.5. The molecule has 2 N–H and O–H groups in total. The number of ether oxygens (including phenoxy) is 1. The van der Waals surface area contributed by atoms with Gasteiger partial charge in [-0.2, -0.15) is 0 Å². The zero-order chi connectivity index (χ0) is 14.7. The van der Waals surface area contributed by atoms with E-state index in [0.29, 0.717) is 12.5 Å². The molecule has 3 rings (SSSR count). The highest BCUT2D eigenvalue weighted by Gasteiger charge is 2.13. The minimum atomic E-state index is 0.0882. The van der Waals surface area contributed by atoms with Gasteiger partial charge in [-0.1, -0.05) is 11.6 Å². The number of pyridine rings is 1. The van der Waals surface area contributed by atoms with Crippen molar-refractivity contribution in [2.45, 2.75) is 26.3 Å². The van der Waals surface area contributed by atoms with Gasteiger partial charge in [0.25, 0.3) is 0 Å². The summed E-state index contributed by atoms with van der Waals surface area (Å²) in [5.74, 6) is 0.591. The Morgan fingerprint density at radius 3 is 3.10 bits per heavy atom. The van der Waals surface area contributed by atoms with E-state index in [-0.39, 0.29) is 5.43 Å². The van der Waals surface area contributed by atoms with Crippen molar-refractivity contribution in [2.24, 2.45) is 5.92 Å². The maximum absolute atomic E-state index is 12.1. The second-order valence-electron chi connectivity index (χ2n) is 5.92. The molecule has 0 bridgehead atoms. The highest BCUT2D eigenvalue weighted by Crippen LogP contribution is 2.13. The van der Waals surface area contributed by atoms with Crippen LogP contribution >= 0.6 is 0 Å². The van der Waals surface area contributed by atoms with E-state index in [0.717, 1.165) is 48.3 Å². The SMILES string of the molecule is Cc1ccc2[nH]c(CNCC3CCCOC3)cc(=O)c2c1. The lowest BCUT2D eigenvalue weighted by Crippen LogP contribution is -2.29. The maximum Gasteiger partial charge on any atom is 0.189 e. The Balaban J connectivity index is 1.67. The van der Waals surface area contributed by atoms with Crippen LogP contribution < -0.4 is 10.7 Å². The topological polar surface area (TPSA) is 54.1 Å². The molecule has 21 heavy (non-hydrogen) atoms. The van der Waals surface area contributed by atoms with Crippen LogP contribution in [0.4, 0.5) is 0 Å². The van der Waals surface area contributed by atoms with Crippen LogP contribution in [0.3, 0.4) is 0 Å². The largest absolute Gasteiger partial charge is 0.381 e. The van der Waals surface area contributed by atoms with Crippen molar-refractivity contribution in [3.63, 3.8) is 0 Å². The molecule has 1 fully saturated rings. The fraction of sp³-hybridized carbons (Fsp3) is 0.471. The van der Waals surface area contributed by atoms with Crippen molar-refractivity contribution in [1.29, 1.82) is 0 Å². The third-order valence-corrected chi connectivity index (χ3v) is 4.04. The molecule has 112 valence electrons. The van der Waals surface area contributed by atoms with Gasteiger partial charge in [0.05, 0.1) is 6.61 Å². The average Bonchev–Trinajstić information content (AvgIpc) is 2.49. The van der Waals surface area contributed by atoms with E-state index < -0.39 is 0 Å². The number of rotatable bonds is 4. The summed E-state index contributed by atoms with van der Waals surface area (Å²) in [6.07, 6.45) is 2.37. The van der Waals surface area contributed by atoms with Crippen LogP contribution in [0, 0.1) is 12.8 Å². The Kier molecular flexibility index (Phi) is 4.36. The smallest absolute Gasteiger partial charge is 0.189 e. The average molecular weight is 286 g/mol. The molecule has 0 saturated carbocycles. The number of H-pyrrole nitrogens is 1. The standard InChI is InChI=1S/C17H22N2O2/c1-12-4-5-16-15(7-12)17(20)8-14(19-16)10-18-9-13-3-2-6-21-11-13/h4-5,7-8,13,18H,2-3,6,9-11H2,1H3,(H,19,20). The van der Waals surface area contributed by atoms with Crippen LogP contribution in [0.25, 0.3) is 10.9 Å². The first-order chi connectivity index (χ1) is 10.2. The van der Waals surface area contributed by atoms with Crippen molar-refractivity contribution < 1.29 is 4.74 Å². The predicted octanol–water partition coefficient (Wildman–Crippen LogP) is 2.35. The van der Waals surface area contributed by atoms with Gasteiger partial charge >= 0.3 is 0 Å². The van der Waals surface area contributed by atoms with E-state index in [1.165, 1.54) is 6.42 Å². The van der Waals surface area contributed by atoms with Gasteiger partial charge in [-0.15, -0.1) is 0 Å². The summed E-state index contributed by atoms with van der Waals surface area (Å²) < 4.78 is 5.47. The van der Waals surface area contributed by atoms with Gasteiger partial charge in [-0.25, -0.2) is 0 Å². The van der Waals surface area contributed by atoms with Crippen molar-refractivity contribution >= 4 is 10.9 Å². The number of aromatic nitrogens is 1. The molecule has 1 aliphatic rings. The molecule has 1 atom stereocenters. The minimum Gasteiger partial charge on any atom is -0.381 e. The third-order valence-electron chi connectivity index (χ3n) is 4.04. The summed E-state index contributed by atoms with van der Waals surface area (Å²) in [7, 11) is 0. The molecule has 1 aliphatic heterocycles. The number of hydrogen-bond acceptors (Lipinski definition) is 3. The Morgan fingerprint density at radius 1 is 1.38 bits per heavy atom. The second kappa shape index (κ2) is 6.41. The Labute approximate surface area is 124 Å².